The molecule has 0 saturated heterocycles. The van der Waals surface area contributed by atoms with E-state index in [1.807, 2.05) is 0 Å². The van der Waals surface area contributed by atoms with Crippen molar-refractivity contribution >= 4 is 0 Å². The topological polar surface area (TPSA) is 32.3 Å². The van der Waals surface area contributed by atoms with Crippen LogP contribution in [0.5, 0.6) is 0 Å². The van der Waals surface area contributed by atoms with Gasteiger partial charge >= 0.3 is 0 Å². The van der Waals surface area contributed by atoms with E-state index in [1.165, 1.54) is 12.8 Å². The highest BCUT2D eigenvalue weighted by Gasteiger charge is 2.16. The lowest BCUT2D eigenvalue weighted by molar-refractivity contribution is 0.236. The fourth-order valence-corrected chi connectivity index (χ4v) is 1.71. The zero-order valence-electron chi connectivity index (χ0n) is 11.0. The molecule has 0 rings (SSSR count). The average Bonchev–Trinajstić information content (AvgIpc) is 2.14. The van der Waals surface area contributed by atoms with E-state index in [-0.39, 0.29) is 0 Å². The van der Waals surface area contributed by atoms with Gasteiger partial charge in [0.25, 0.3) is 0 Å². The summed E-state index contributed by atoms with van der Waals surface area (Å²) in [4.78, 5) is 0. The molecule has 0 radical (unpaired) electrons. The van der Waals surface area contributed by atoms with Crippen LogP contribution in [-0.2, 0) is 0 Å². The third kappa shape index (κ3) is 10.2. The Morgan fingerprint density at radius 2 is 1.87 bits per heavy atom. The molecule has 0 saturated carbocycles. The Bertz CT molecular complexity index is 143. The van der Waals surface area contributed by atoms with Crippen molar-refractivity contribution < 1.29 is 5.11 Å². The van der Waals surface area contributed by atoms with Crippen molar-refractivity contribution in [1.82, 2.24) is 5.32 Å². The predicted molar refractivity (Wildman–Crippen MR) is 67.0 cm³/mol. The van der Waals surface area contributed by atoms with E-state index in [0.29, 0.717) is 12.0 Å². The van der Waals surface area contributed by atoms with Gasteiger partial charge in [0.05, 0.1) is 0 Å². The molecule has 0 heterocycles. The van der Waals surface area contributed by atoms with Gasteiger partial charge in [0.1, 0.15) is 0 Å². The molecule has 2 N–H and O–H groups in total. The van der Waals surface area contributed by atoms with Crippen molar-refractivity contribution in [2.45, 2.75) is 53.4 Å². The second kappa shape index (κ2) is 8.12. The Labute approximate surface area is 95.5 Å². The number of aliphatic hydroxyl groups is 1. The molecule has 0 spiro atoms. The molecule has 0 aliphatic heterocycles. The summed E-state index contributed by atoms with van der Waals surface area (Å²) in [6, 6.07) is 0. The minimum Gasteiger partial charge on any atom is -0.396 e. The molecule has 2 nitrogen and oxygen atoms in total. The monoisotopic (exact) mass is 215 g/mol. The molecule has 0 aromatic rings. The third-order valence-corrected chi connectivity index (χ3v) is 2.75. The predicted octanol–water partition coefficient (Wildman–Crippen LogP) is 2.81. The SMILES string of the molecule is CC(C)CCCNCC(C)(C)CCCO. The zero-order chi connectivity index (χ0) is 11.7. The van der Waals surface area contributed by atoms with Crippen LogP contribution in [0, 0.1) is 11.3 Å². The molecule has 92 valence electrons. The normalized spacial score (nSPS) is 12.4. The summed E-state index contributed by atoms with van der Waals surface area (Å²) in [5.41, 5.74) is 0.320. The molecule has 15 heavy (non-hydrogen) atoms. The first-order valence-corrected chi connectivity index (χ1v) is 6.29. The van der Waals surface area contributed by atoms with Crippen molar-refractivity contribution in [3.05, 3.63) is 0 Å². The minimum absolute atomic E-state index is 0.316. The zero-order valence-corrected chi connectivity index (χ0v) is 11.0. The molecule has 0 bridgehead atoms. The Kier molecular flexibility index (Phi) is 8.07. The number of hydrogen-bond donors (Lipinski definition) is 2. The van der Waals surface area contributed by atoms with E-state index in [9.17, 15) is 0 Å². The lowest BCUT2D eigenvalue weighted by Gasteiger charge is -2.24. The fourth-order valence-electron chi connectivity index (χ4n) is 1.71. The second-order valence-corrected chi connectivity index (χ2v) is 5.70. The van der Waals surface area contributed by atoms with Crippen molar-refractivity contribution in [1.29, 1.82) is 0 Å². The second-order valence-electron chi connectivity index (χ2n) is 5.70. The average molecular weight is 215 g/mol. The summed E-state index contributed by atoms with van der Waals surface area (Å²) in [7, 11) is 0. The van der Waals surface area contributed by atoms with Crippen LogP contribution in [0.15, 0.2) is 0 Å². The minimum atomic E-state index is 0.316. The maximum atomic E-state index is 8.78. The molecule has 0 unspecified atom stereocenters. The summed E-state index contributed by atoms with van der Waals surface area (Å²) in [6.45, 7) is 11.6. The van der Waals surface area contributed by atoms with E-state index >= 15 is 0 Å². The first-order valence-electron chi connectivity index (χ1n) is 6.29. The third-order valence-electron chi connectivity index (χ3n) is 2.75. The Morgan fingerprint density at radius 3 is 2.40 bits per heavy atom. The van der Waals surface area contributed by atoms with E-state index in [0.717, 1.165) is 31.8 Å². The Hall–Kier alpha value is -0.0800. The van der Waals surface area contributed by atoms with Crippen LogP contribution < -0.4 is 5.32 Å². The highest BCUT2D eigenvalue weighted by molar-refractivity contribution is 4.71. The lowest BCUT2D eigenvalue weighted by Crippen LogP contribution is -2.30. The summed E-state index contributed by atoms with van der Waals surface area (Å²) < 4.78 is 0. The largest absolute Gasteiger partial charge is 0.396 e. The van der Waals surface area contributed by atoms with Gasteiger partial charge in [-0.05, 0) is 43.6 Å². The summed E-state index contributed by atoms with van der Waals surface area (Å²) in [5, 5.41) is 12.3. The van der Waals surface area contributed by atoms with Crippen LogP contribution in [0.4, 0.5) is 0 Å². The molecule has 0 aromatic heterocycles. The Balaban J connectivity index is 3.40. The van der Waals surface area contributed by atoms with Crippen molar-refractivity contribution in [3.63, 3.8) is 0 Å². The maximum absolute atomic E-state index is 8.78. The highest BCUT2D eigenvalue weighted by Crippen LogP contribution is 2.20. The van der Waals surface area contributed by atoms with E-state index in [4.69, 9.17) is 5.11 Å². The van der Waals surface area contributed by atoms with E-state index < -0.39 is 0 Å². The standard InChI is InChI=1S/C13H29NO/c1-12(2)7-5-9-14-11-13(3,4)8-6-10-15/h12,14-15H,5-11H2,1-4H3. The van der Waals surface area contributed by atoms with Crippen LogP contribution in [-0.4, -0.2) is 24.8 Å². The molecule has 0 aliphatic carbocycles. The van der Waals surface area contributed by atoms with E-state index in [1.54, 1.807) is 0 Å². The van der Waals surface area contributed by atoms with Crippen LogP contribution in [0.25, 0.3) is 0 Å². The van der Waals surface area contributed by atoms with Crippen LogP contribution >= 0.6 is 0 Å². The fraction of sp³-hybridized carbons (Fsp3) is 1.00. The quantitative estimate of drug-likeness (QED) is 0.580. The number of rotatable bonds is 9. The first kappa shape index (κ1) is 14.9. The number of aliphatic hydroxyl groups excluding tert-OH is 1. The smallest absolute Gasteiger partial charge is 0.0431 e. The van der Waals surface area contributed by atoms with Gasteiger partial charge in [-0.15, -0.1) is 0 Å². The van der Waals surface area contributed by atoms with Crippen LogP contribution in [0.1, 0.15) is 53.4 Å². The summed E-state index contributed by atoms with van der Waals surface area (Å²) >= 11 is 0. The highest BCUT2D eigenvalue weighted by atomic mass is 16.2. The van der Waals surface area contributed by atoms with Gasteiger partial charge in [-0.2, -0.15) is 0 Å². The number of nitrogens with one attached hydrogen (secondary N) is 1. The van der Waals surface area contributed by atoms with Crippen molar-refractivity contribution in [2.24, 2.45) is 11.3 Å². The van der Waals surface area contributed by atoms with Gasteiger partial charge in [0.15, 0.2) is 0 Å². The molecule has 0 amide bonds. The maximum Gasteiger partial charge on any atom is 0.0431 e. The van der Waals surface area contributed by atoms with Gasteiger partial charge < -0.3 is 10.4 Å². The van der Waals surface area contributed by atoms with Gasteiger partial charge in [0, 0.05) is 13.2 Å². The van der Waals surface area contributed by atoms with Gasteiger partial charge in [-0.3, -0.25) is 0 Å². The first-order chi connectivity index (χ1) is 6.98. The molecule has 0 aliphatic rings. The number of hydrogen-bond acceptors (Lipinski definition) is 2. The van der Waals surface area contributed by atoms with Gasteiger partial charge in [-0.1, -0.05) is 27.7 Å². The van der Waals surface area contributed by atoms with Gasteiger partial charge in [0.2, 0.25) is 0 Å². The molecule has 0 aromatic carbocycles. The van der Waals surface area contributed by atoms with Gasteiger partial charge in [-0.25, -0.2) is 0 Å². The van der Waals surface area contributed by atoms with Crippen molar-refractivity contribution in [2.75, 3.05) is 19.7 Å². The molecular weight excluding hydrogens is 186 g/mol. The lowest BCUT2D eigenvalue weighted by atomic mass is 9.88. The van der Waals surface area contributed by atoms with E-state index in [2.05, 4.69) is 33.0 Å². The van der Waals surface area contributed by atoms with Crippen LogP contribution in [0.2, 0.25) is 0 Å². The molecular formula is C13H29NO. The molecule has 0 atom stereocenters. The summed E-state index contributed by atoms with van der Waals surface area (Å²) in [5.74, 6) is 0.814. The summed E-state index contributed by atoms with van der Waals surface area (Å²) in [6.07, 6.45) is 4.60. The molecule has 2 heteroatoms. The van der Waals surface area contributed by atoms with Crippen LogP contribution in [0.3, 0.4) is 0 Å². The van der Waals surface area contributed by atoms with Crippen molar-refractivity contribution in [3.8, 4) is 0 Å². The Morgan fingerprint density at radius 1 is 1.20 bits per heavy atom. The molecule has 0 fully saturated rings.